The van der Waals surface area contributed by atoms with E-state index in [-0.39, 0.29) is 4.87 Å². The first-order valence-electron chi connectivity index (χ1n) is 5.82. The van der Waals surface area contributed by atoms with Crippen LogP contribution in [0.4, 0.5) is 0 Å². The molecule has 98 valence electrons. The van der Waals surface area contributed by atoms with E-state index in [1.807, 2.05) is 6.07 Å². The number of aromatic nitrogens is 1. The lowest BCUT2D eigenvalue weighted by atomic mass is 9.93. The van der Waals surface area contributed by atoms with E-state index in [1.165, 1.54) is 11.3 Å². The van der Waals surface area contributed by atoms with Crippen molar-refractivity contribution in [3.8, 4) is 17.0 Å². The molecule has 2 aromatic rings. The van der Waals surface area contributed by atoms with Crippen LogP contribution in [0.15, 0.2) is 23.0 Å². The summed E-state index contributed by atoms with van der Waals surface area (Å²) in [4.78, 5) is 25.7. The van der Waals surface area contributed by atoms with Crippen LogP contribution in [0, 0.1) is 0 Å². The van der Waals surface area contributed by atoms with Crippen molar-refractivity contribution < 1.29 is 14.6 Å². The number of aryl methyl sites for hydroxylation is 1. The molecule has 0 bridgehead atoms. The second kappa shape index (κ2) is 4.55. The minimum atomic E-state index is -1.25. The molecule has 1 aliphatic carbocycles. The van der Waals surface area contributed by atoms with Crippen LogP contribution in [0.25, 0.3) is 11.3 Å². The van der Waals surface area contributed by atoms with Crippen LogP contribution in [-0.4, -0.2) is 17.6 Å². The second-order valence-corrected chi connectivity index (χ2v) is 5.32. The molecule has 1 aromatic carbocycles. The maximum absolute atomic E-state index is 11.4. The van der Waals surface area contributed by atoms with Gasteiger partial charge in [0.2, 0.25) is 0 Å². The first-order chi connectivity index (χ1) is 9.15. The number of carbonyl (C=O) groups excluding carboxylic acids is 1. The fraction of sp³-hybridized carbons (Fsp3) is 0.231. The number of carboxylic acids is 1. The average Bonchev–Trinajstić information content (AvgIpc) is 2.76. The zero-order chi connectivity index (χ0) is 13.4. The maximum Gasteiger partial charge on any atom is 0.305 e. The highest BCUT2D eigenvalue weighted by Crippen LogP contribution is 2.37. The number of rotatable bonds is 3. The van der Waals surface area contributed by atoms with E-state index < -0.39 is 12.6 Å². The van der Waals surface area contributed by atoms with Crippen molar-refractivity contribution in [3.05, 3.63) is 38.3 Å². The molecule has 5 nitrogen and oxygen atoms in total. The van der Waals surface area contributed by atoms with E-state index in [4.69, 9.17) is 4.74 Å². The Labute approximate surface area is 112 Å². The van der Waals surface area contributed by atoms with Crippen molar-refractivity contribution in [3.63, 3.8) is 0 Å². The van der Waals surface area contributed by atoms with Crippen LogP contribution in [0.1, 0.15) is 10.4 Å². The number of hydrogen-bond acceptors (Lipinski definition) is 5. The lowest BCUT2D eigenvalue weighted by molar-refractivity contribution is -0.307. The van der Waals surface area contributed by atoms with Crippen LogP contribution in [0.2, 0.25) is 0 Å². The second-order valence-electron chi connectivity index (χ2n) is 4.26. The van der Waals surface area contributed by atoms with Crippen LogP contribution in [0.5, 0.6) is 5.75 Å². The Bertz CT molecular complexity index is 701. The molecule has 0 unspecified atom stereocenters. The molecule has 0 aliphatic heterocycles. The normalized spacial score (nSPS) is 12.6. The van der Waals surface area contributed by atoms with Gasteiger partial charge in [-0.25, -0.2) is 0 Å². The molecular formula is C13H10NO4S-. The lowest BCUT2D eigenvalue weighted by Crippen LogP contribution is -2.29. The van der Waals surface area contributed by atoms with Crippen molar-refractivity contribution in [2.45, 2.75) is 12.8 Å². The summed E-state index contributed by atoms with van der Waals surface area (Å²) in [7, 11) is 0. The number of thiazole rings is 1. The quantitative estimate of drug-likeness (QED) is 0.876. The highest BCUT2D eigenvalue weighted by molar-refractivity contribution is 7.09. The highest BCUT2D eigenvalue weighted by atomic mass is 32.1. The van der Waals surface area contributed by atoms with Gasteiger partial charge in [0.15, 0.2) is 0 Å². The molecule has 1 aliphatic rings. The largest absolute Gasteiger partial charge is 0.546 e. The van der Waals surface area contributed by atoms with Gasteiger partial charge in [-0.15, -0.1) is 0 Å². The third-order valence-corrected chi connectivity index (χ3v) is 4.01. The molecule has 0 saturated carbocycles. The van der Waals surface area contributed by atoms with Gasteiger partial charge in [0, 0.05) is 16.0 Å². The fourth-order valence-electron chi connectivity index (χ4n) is 2.32. The molecule has 19 heavy (non-hydrogen) atoms. The minimum absolute atomic E-state index is 0.0705. The monoisotopic (exact) mass is 276 g/mol. The SMILES string of the molecule is O=C([O-])COc1cccc2c1CCc1sc(=O)[nH]c1-2. The van der Waals surface area contributed by atoms with Crippen LogP contribution in [-0.2, 0) is 17.6 Å². The summed E-state index contributed by atoms with van der Waals surface area (Å²) in [5, 5.41) is 10.5. The van der Waals surface area contributed by atoms with Gasteiger partial charge in [-0.3, -0.25) is 4.79 Å². The summed E-state index contributed by atoms with van der Waals surface area (Å²) in [6.45, 7) is -0.469. The van der Waals surface area contributed by atoms with Crippen LogP contribution >= 0.6 is 11.3 Å². The molecule has 0 spiro atoms. The third-order valence-electron chi connectivity index (χ3n) is 3.07. The smallest absolute Gasteiger partial charge is 0.305 e. The molecule has 3 rings (SSSR count). The number of fused-ring (bicyclic) bond motifs is 3. The van der Waals surface area contributed by atoms with Crippen molar-refractivity contribution >= 4 is 17.3 Å². The molecular weight excluding hydrogens is 266 g/mol. The van der Waals surface area contributed by atoms with Crippen molar-refractivity contribution in [1.82, 2.24) is 4.98 Å². The zero-order valence-corrected chi connectivity index (χ0v) is 10.7. The summed E-state index contributed by atoms with van der Waals surface area (Å²) in [6, 6.07) is 5.42. The van der Waals surface area contributed by atoms with Crippen molar-refractivity contribution in [2.75, 3.05) is 6.61 Å². The van der Waals surface area contributed by atoms with Gasteiger partial charge >= 0.3 is 4.87 Å². The number of H-pyrrole nitrogens is 1. The number of carbonyl (C=O) groups is 1. The van der Waals surface area contributed by atoms with Crippen LogP contribution in [0.3, 0.4) is 0 Å². The number of aromatic amines is 1. The Hall–Kier alpha value is -2.08. The zero-order valence-electron chi connectivity index (χ0n) is 9.89. The van der Waals surface area contributed by atoms with E-state index in [0.717, 1.165) is 34.5 Å². The average molecular weight is 276 g/mol. The molecule has 1 heterocycles. The fourth-order valence-corrected chi connectivity index (χ4v) is 3.17. The first kappa shape index (κ1) is 12.0. The topological polar surface area (TPSA) is 82.2 Å². The summed E-state index contributed by atoms with van der Waals surface area (Å²) < 4.78 is 5.24. The van der Waals surface area contributed by atoms with E-state index >= 15 is 0 Å². The van der Waals surface area contributed by atoms with Crippen molar-refractivity contribution in [1.29, 1.82) is 0 Å². The summed E-state index contributed by atoms with van der Waals surface area (Å²) in [5.74, 6) is -0.711. The number of benzene rings is 1. The molecule has 0 fully saturated rings. The Morgan fingerprint density at radius 3 is 3.05 bits per heavy atom. The van der Waals surface area contributed by atoms with Gasteiger partial charge < -0.3 is 19.6 Å². The number of aliphatic carboxylic acids is 1. The number of hydrogen-bond donors (Lipinski definition) is 1. The van der Waals surface area contributed by atoms with Gasteiger partial charge in [0.05, 0.1) is 11.7 Å². The Morgan fingerprint density at radius 1 is 1.42 bits per heavy atom. The van der Waals surface area contributed by atoms with E-state index in [1.54, 1.807) is 12.1 Å². The lowest BCUT2D eigenvalue weighted by Gasteiger charge is -2.19. The first-order valence-corrected chi connectivity index (χ1v) is 6.63. The van der Waals surface area contributed by atoms with Gasteiger partial charge in [0.1, 0.15) is 12.4 Å². The van der Waals surface area contributed by atoms with E-state index in [0.29, 0.717) is 5.75 Å². The minimum Gasteiger partial charge on any atom is -0.546 e. The number of ether oxygens (including phenoxy) is 1. The molecule has 0 radical (unpaired) electrons. The molecule has 0 amide bonds. The predicted octanol–water partition coefficient (Wildman–Crippen LogP) is 0.331. The number of carboxylic acid groups (broad SMARTS) is 1. The molecule has 0 atom stereocenters. The molecule has 1 N–H and O–H groups in total. The summed E-state index contributed by atoms with van der Waals surface area (Å²) in [5.41, 5.74) is 2.68. The molecule has 0 saturated heterocycles. The van der Waals surface area contributed by atoms with Gasteiger partial charge in [0.25, 0.3) is 0 Å². The van der Waals surface area contributed by atoms with E-state index in [9.17, 15) is 14.7 Å². The molecule has 6 heteroatoms. The molecule has 1 aromatic heterocycles. The van der Waals surface area contributed by atoms with E-state index in [2.05, 4.69) is 4.98 Å². The summed E-state index contributed by atoms with van der Waals surface area (Å²) >= 11 is 1.22. The standard InChI is InChI=1S/C13H11NO4S/c15-11(16)6-18-9-3-1-2-8-7(9)4-5-10-12(8)14-13(17)19-10/h1-3H,4-6H2,(H,14,17)(H,15,16)/p-1. The van der Waals surface area contributed by atoms with Crippen molar-refractivity contribution in [2.24, 2.45) is 0 Å². The Balaban J connectivity index is 2.05. The Morgan fingerprint density at radius 2 is 2.26 bits per heavy atom. The van der Waals surface area contributed by atoms with Gasteiger partial charge in [-0.05, 0) is 18.9 Å². The van der Waals surface area contributed by atoms with Gasteiger partial charge in [-0.2, -0.15) is 0 Å². The van der Waals surface area contributed by atoms with Crippen LogP contribution < -0.4 is 14.7 Å². The summed E-state index contributed by atoms with van der Waals surface area (Å²) in [6.07, 6.45) is 1.50. The predicted molar refractivity (Wildman–Crippen MR) is 68.3 cm³/mol. The van der Waals surface area contributed by atoms with Gasteiger partial charge in [-0.1, -0.05) is 23.5 Å². The third kappa shape index (κ3) is 2.15. The maximum atomic E-state index is 11.4. The highest BCUT2D eigenvalue weighted by Gasteiger charge is 2.21. The Kier molecular flexibility index (Phi) is 2.87. The number of nitrogens with one attached hydrogen (secondary N) is 1.